The van der Waals surface area contributed by atoms with Crippen LogP contribution in [0.3, 0.4) is 0 Å². The van der Waals surface area contributed by atoms with Crippen molar-refractivity contribution in [2.75, 3.05) is 13.1 Å². The van der Waals surface area contributed by atoms with Crippen LogP contribution in [0.2, 0.25) is 0 Å². The van der Waals surface area contributed by atoms with Crippen molar-refractivity contribution in [3.8, 4) is 0 Å². The standard InChI is InChI=1S/C21H33N5/c1-7-22-20(23-14-19-16(2)25-26(6)17(19)3)24-15-21(4,5)13-18-11-9-8-10-12-18/h8-12H,7,13-15H2,1-6H3,(H2,22,23,24). The van der Waals surface area contributed by atoms with Gasteiger partial charge in [-0.3, -0.25) is 4.68 Å². The molecule has 0 atom stereocenters. The van der Waals surface area contributed by atoms with Crippen LogP contribution in [-0.4, -0.2) is 28.8 Å². The van der Waals surface area contributed by atoms with E-state index < -0.39 is 0 Å². The van der Waals surface area contributed by atoms with Gasteiger partial charge in [0.2, 0.25) is 0 Å². The van der Waals surface area contributed by atoms with E-state index in [-0.39, 0.29) is 5.41 Å². The lowest BCUT2D eigenvalue weighted by atomic mass is 9.86. The van der Waals surface area contributed by atoms with Gasteiger partial charge >= 0.3 is 0 Å². The smallest absolute Gasteiger partial charge is 0.191 e. The molecule has 26 heavy (non-hydrogen) atoms. The molecule has 0 radical (unpaired) electrons. The molecule has 1 aromatic carbocycles. The van der Waals surface area contributed by atoms with Crippen LogP contribution in [-0.2, 0) is 20.0 Å². The predicted molar refractivity (Wildman–Crippen MR) is 109 cm³/mol. The summed E-state index contributed by atoms with van der Waals surface area (Å²) in [7, 11) is 1.98. The molecule has 0 aliphatic carbocycles. The van der Waals surface area contributed by atoms with Crippen molar-refractivity contribution >= 4 is 5.96 Å². The van der Waals surface area contributed by atoms with Gasteiger partial charge in [-0.25, -0.2) is 4.99 Å². The SMILES string of the molecule is CCNC(=NCc1c(C)nn(C)c1C)NCC(C)(C)Cc1ccccc1. The number of nitrogens with one attached hydrogen (secondary N) is 2. The maximum Gasteiger partial charge on any atom is 0.191 e. The second kappa shape index (κ2) is 8.88. The number of nitrogens with zero attached hydrogens (tertiary/aromatic N) is 3. The summed E-state index contributed by atoms with van der Waals surface area (Å²) in [6.07, 6.45) is 1.03. The summed E-state index contributed by atoms with van der Waals surface area (Å²) in [4.78, 5) is 4.77. The van der Waals surface area contributed by atoms with Gasteiger partial charge in [-0.2, -0.15) is 5.10 Å². The summed E-state index contributed by atoms with van der Waals surface area (Å²) < 4.78 is 1.92. The van der Waals surface area contributed by atoms with E-state index in [0.29, 0.717) is 6.54 Å². The summed E-state index contributed by atoms with van der Waals surface area (Å²) in [5.74, 6) is 0.858. The van der Waals surface area contributed by atoms with Crippen LogP contribution in [0.15, 0.2) is 35.3 Å². The Morgan fingerprint density at radius 3 is 2.42 bits per heavy atom. The van der Waals surface area contributed by atoms with Gasteiger partial charge in [0, 0.05) is 31.4 Å². The Morgan fingerprint density at radius 1 is 1.15 bits per heavy atom. The molecule has 0 spiro atoms. The van der Waals surface area contributed by atoms with Crippen molar-refractivity contribution < 1.29 is 0 Å². The first-order chi connectivity index (χ1) is 12.3. The molecule has 2 rings (SSSR count). The number of hydrogen-bond donors (Lipinski definition) is 2. The zero-order valence-corrected chi connectivity index (χ0v) is 17.1. The lowest BCUT2D eigenvalue weighted by Crippen LogP contribution is -2.42. The first kappa shape index (κ1) is 20.0. The maximum atomic E-state index is 4.77. The summed E-state index contributed by atoms with van der Waals surface area (Å²) in [5.41, 5.74) is 4.93. The third-order valence-electron chi connectivity index (χ3n) is 4.66. The third-order valence-corrected chi connectivity index (χ3v) is 4.66. The monoisotopic (exact) mass is 355 g/mol. The molecule has 0 aliphatic rings. The highest BCUT2D eigenvalue weighted by Gasteiger charge is 2.19. The summed E-state index contributed by atoms with van der Waals surface area (Å²) >= 11 is 0. The minimum Gasteiger partial charge on any atom is -0.357 e. The molecule has 0 amide bonds. The van der Waals surface area contributed by atoms with E-state index in [1.54, 1.807) is 0 Å². The Balaban J connectivity index is 2.00. The lowest BCUT2D eigenvalue weighted by molar-refractivity contribution is 0.359. The lowest BCUT2D eigenvalue weighted by Gasteiger charge is -2.26. The molecule has 0 fully saturated rings. The fraction of sp³-hybridized carbons (Fsp3) is 0.524. The van der Waals surface area contributed by atoms with Crippen molar-refractivity contribution in [2.24, 2.45) is 17.5 Å². The molecular weight excluding hydrogens is 322 g/mol. The molecule has 0 unspecified atom stereocenters. The van der Waals surface area contributed by atoms with Gasteiger partial charge in [0.15, 0.2) is 5.96 Å². The van der Waals surface area contributed by atoms with E-state index in [0.717, 1.165) is 31.2 Å². The van der Waals surface area contributed by atoms with Gasteiger partial charge in [0.1, 0.15) is 0 Å². The van der Waals surface area contributed by atoms with Crippen LogP contribution in [0, 0.1) is 19.3 Å². The fourth-order valence-corrected chi connectivity index (χ4v) is 3.08. The number of aromatic nitrogens is 2. The van der Waals surface area contributed by atoms with Crippen LogP contribution in [0.1, 0.15) is 43.3 Å². The molecule has 0 saturated heterocycles. The van der Waals surface area contributed by atoms with Crippen molar-refractivity contribution in [1.82, 2.24) is 20.4 Å². The van der Waals surface area contributed by atoms with Crippen molar-refractivity contribution in [3.63, 3.8) is 0 Å². The van der Waals surface area contributed by atoms with Gasteiger partial charge < -0.3 is 10.6 Å². The molecule has 5 heteroatoms. The Kier molecular flexibility index (Phi) is 6.83. The van der Waals surface area contributed by atoms with E-state index in [1.807, 2.05) is 18.7 Å². The summed E-state index contributed by atoms with van der Waals surface area (Å²) in [6.45, 7) is 13.1. The highest BCUT2D eigenvalue weighted by molar-refractivity contribution is 5.79. The zero-order valence-electron chi connectivity index (χ0n) is 17.1. The van der Waals surface area contributed by atoms with Gasteiger partial charge in [-0.1, -0.05) is 44.2 Å². The van der Waals surface area contributed by atoms with Gasteiger partial charge in [-0.05, 0) is 38.2 Å². The molecule has 2 aromatic rings. The molecule has 142 valence electrons. The van der Waals surface area contributed by atoms with E-state index in [2.05, 4.69) is 73.8 Å². The molecule has 5 nitrogen and oxygen atoms in total. The number of hydrogen-bond acceptors (Lipinski definition) is 2. The molecular formula is C21H33N5. The fourth-order valence-electron chi connectivity index (χ4n) is 3.08. The molecule has 1 heterocycles. The largest absolute Gasteiger partial charge is 0.357 e. The number of benzene rings is 1. The first-order valence-corrected chi connectivity index (χ1v) is 9.37. The Bertz CT molecular complexity index is 728. The quantitative estimate of drug-likeness (QED) is 0.591. The highest BCUT2D eigenvalue weighted by Crippen LogP contribution is 2.20. The van der Waals surface area contributed by atoms with Gasteiger partial charge in [0.25, 0.3) is 0 Å². The van der Waals surface area contributed by atoms with E-state index in [1.165, 1.54) is 16.8 Å². The van der Waals surface area contributed by atoms with Gasteiger partial charge in [-0.15, -0.1) is 0 Å². The zero-order chi connectivity index (χ0) is 19.2. The molecule has 0 aliphatic heterocycles. The van der Waals surface area contributed by atoms with Gasteiger partial charge in [0.05, 0.1) is 12.2 Å². The van der Waals surface area contributed by atoms with E-state index in [4.69, 9.17) is 4.99 Å². The van der Waals surface area contributed by atoms with E-state index >= 15 is 0 Å². The van der Waals surface area contributed by atoms with Crippen LogP contribution in [0.4, 0.5) is 0 Å². The minimum atomic E-state index is 0.137. The second-order valence-corrected chi connectivity index (χ2v) is 7.65. The summed E-state index contributed by atoms with van der Waals surface area (Å²) in [5, 5.41) is 11.3. The second-order valence-electron chi connectivity index (χ2n) is 7.65. The van der Waals surface area contributed by atoms with Crippen LogP contribution in [0.25, 0.3) is 0 Å². The average Bonchev–Trinajstić information content (AvgIpc) is 2.83. The molecule has 0 saturated carbocycles. The topological polar surface area (TPSA) is 54.2 Å². The Hall–Kier alpha value is -2.30. The predicted octanol–water partition coefficient (Wildman–Crippen LogP) is 3.36. The minimum absolute atomic E-state index is 0.137. The number of rotatable bonds is 7. The van der Waals surface area contributed by atoms with Crippen molar-refractivity contribution in [1.29, 1.82) is 0 Å². The number of aliphatic imine (C=N–C) groups is 1. The third kappa shape index (κ3) is 5.61. The van der Waals surface area contributed by atoms with Crippen LogP contribution < -0.4 is 10.6 Å². The normalized spacial score (nSPS) is 12.3. The highest BCUT2D eigenvalue weighted by atomic mass is 15.3. The summed E-state index contributed by atoms with van der Waals surface area (Å²) in [6, 6.07) is 10.6. The Labute approximate surface area is 157 Å². The number of aryl methyl sites for hydroxylation is 2. The first-order valence-electron chi connectivity index (χ1n) is 9.37. The average molecular weight is 356 g/mol. The number of guanidine groups is 1. The molecule has 1 aromatic heterocycles. The molecule has 2 N–H and O–H groups in total. The van der Waals surface area contributed by atoms with Crippen LogP contribution >= 0.6 is 0 Å². The van der Waals surface area contributed by atoms with Crippen LogP contribution in [0.5, 0.6) is 0 Å². The van der Waals surface area contributed by atoms with Crippen molar-refractivity contribution in [2.45, 2.75) is 47.6 Å². The maximum absolute atomic E-state index is 4.77. The van der Waals surface area contributed by atoms with Crippen molar-refractivity contribution in [3.05, 3.63) is 52.8 Å². The van der Waals surface area contributed by atoms with E-state index in [9.17, 15) is 0 Å². The molecule has 0 bridgehead atoms. The Morgan fingerprint density at radius 2 is 1.85 bits per heavy atom.